The molecule has 6 nitrogen and oxygen atoms in total. The number of carbonyl (C=O) groups excluding carboxylic acids is 1. The molecule has 86 valence electrons. The van der Waals surface area contributed by atoms with E-state index in [1.165, 1.54) is 12.4 Å². The number of anilines is 2. The molecule has 0 fully saturated rings. The quantitative estimate of drug-likeness (QED) is 0.874. The van der Waals surface area contributed by atoms with Crippen LogP contribution in [0.25, 0.3) is 0 Å². The minimum absolute atomic E-state index is 0.162. The molecule has 0 aromatic carbocycles. The van der Waals surface area contributed by atoms with Crippen molar-refractivity contribution in [3.8, 4) is 0 Å². The zero-order chi connectivity index (χ0) is 12.3. The maximum absolute atomic E-state index is 11.9. The van der Waals surface area contributed by atoms with E-state index in [1.807, 2.05) is 0 Å². The van der Waals surface area contributed by atoms with Crippen molar-refractivity contribution in [3.63, 3.8) is 0 Å². The minimum Gasteiger partial charge on any atom is -0.383 e. The van der Waals surface area contributed by atoms with Crippen molar-refractivity contribution in [2.75, 3.05) is 11.1 Å². The van der Waals surface area contributed by atoms with Crippen LogP contribution in [0.1, 0.15) is 10.4 Å². The third-order valence-corrected chi connectivity index (χ3v) is 2.38. The summed E-state index contributed by atoms with van der Waals surface area (Å²) in [5.41, 5.74) is 5.90. The Labute approximate surface area is 105 Å². The Kier molecular flexibility index (Phi) is 3.29. The first-order chi connectivity index (χ1) is 8.16. The number of aromatic nitrogens is 3. The number of nitrogens with two attached hydrogens (primary N) is 1. The monoisotopic (exact) mass is 293 g/mol. The molecule has 2 rings (SSSR count). The van der Waals surface area contributed by atoms with Crippen LogP contribution in [0.2, 0.25) is 0 Å². The number of hydrogen-bond acceptors (Lipinski definition) is 5. The predicted octanol–water partition coefficient (Wildman–Crippen LogP) is 1.47. The van der Waals surface area contributed by atoms with Gasteiger partial charge in [-0.3, -0.25) is 4.79 Å². The molecule has 0 bridgehead atoms. The van der Waals surface area contributed by atoms with Crippen molar-refractivity contribution in [2.45, 2.75) is 0 Å². The predicted molar refractivity (Wildman–Crippen MR) is 66.3 cm³/mol. The third kappa shape index (κ3) is 2.76. The number of halogens is 1. The average molecular weight is 294 g/mol. The molecule has 0 radical (unpaired) electrons. The van der Waals surface area contributed by atoms with Gasteiger partial charge in [-0.05, 0) is 34.1 Å². The number of carbonyl (C=O) groups is 1. The van der Waals surface area contributed by atoms with Gasteiger partial charge >= 0.3 is 0 Å². The van der Waals surface area contributed by atoms with Crippen molar-refractivity contribution < 1.29 is 4.79 Å². The van der Waals surface area contributed by atoms with Crippen LogP contribution < -0.4 is 11.1 Å². The molecule has 7 heteroatoms. The van der Waals surface area contributed by atoms with Crippen LogP contribution in [0.4, 0.5) is 11.6 Å². The maximum atomic E-state index is 11.9. The van der Waals surface area contributed by atoms with Crippen LogP contribution in [-0.4, -0.2) is 21.1 Å². The molecule has 0 spiro atoms. The molecule has 17 heavy (non-hydrogen) atoms. The highest BCUT2D eigenvalue weighted by atomic mass is 79.9. The molecular formula is C10H8BrN5O. The topological polar surface area (TPSA) is 93.8 Å². The third-order valence-electron chi connectivity index (χ3n) is 1.94. The minimum atomic E-state index is -0.378. The normalized spacial score (nSPS) is 9.94. The first-order valence-electron chi connectivity index (χ1n) is 4.67. The largest absolute Gasteiger partial charge is 0.383 e. The van der Waals surface area contributed by atoms with E-state index >= 15 is 0 Å². The molecule has 2 heterocycles. The number of pyridine rings is 1. The molecule has 3 N–H and O–H groups in total. The van der Waals surface area contributed by atoms with E-state index < -0.39 is 0 Å². The first-order valence-corrected chi connectivity index (χ1v) is 5.46. The van der Waals surface area contributed by atoms with Crippen molar-refractivity contribution >= 4 is 33.5 Å². The summed E-state index contributed by atoms with van der Waals surface area (Å²) in [7, 11) is 0. The number of nitrogens with zero attached hydrogens (tertiary/aromatic N) is 3. The van der Waals surface area contributed by atoms with Gasteiger partial charge in [-0.2, -0.15) is 5.10 Å². The Morgan fingerprint density at radius 1 is 1.47 bits per heavy atom. The smallest absolute Gasteiger partial charge is 0.260 e. The molecular weight excluding hydrogens is 286 g/mol. The average Bonchev–Trinajstić information content (AvgIpc) is 2.33. The van der Waals surface area contributed by atoms with Gasteiger partial charge in [0, 0.05) is 16.9 Å². The molecule has 1 amide bonds. The van der Waals surface area contributed by atoms with E-state index in [2.05, 4.69) is 36.4 Å². The standard InChI is InChI=1S/C10H8BrN5O/c11-6-4-7(9(12)13-5-6)10(17)15-8-2-1-3-14-16-8/h1-5H,(H2,12,13)(H,15,16,17). The van der Waals surface area contributed by atoms with Gasteiger partial charge < -0.3 is 11.1 Å². The number of rotatable bonds is 2. The Hall–Kier alpha value is -2.02. The van der Waals surface area contributed by atoms with Crippen LogP contribution in [0.15, 0.2) is 35.1 Å². The molecule has 0 aliphatic rings. The van der Waals surface area contributed by atoms with Crippen molar-refractivity contribution in [1.82, 2.24) is 15.2 Å². The molecule has 0 saturated heterocycles. The van der Waals surface area contributed by atoms with Crippen LogP contribution >= 0.6 is 15.9 Å². The Morgan fingerprint density at radius 2 is 2.29 bits per heavy atom. The zero-order valence-corrected chi connectivity index (χ0v) is 10.2. The number of nitrogens with one attached hydrogen (secondary N) is 1. The maximum Gasteiger partial charge on any atom is 0.260 e. The Morgan fingerprint density at radius 3 is 3.00 bits per heavy atom. The Bertz CT molecular complexity index is 546. The number of hydrogen-bond donors (Lipinski definition) is 2. The van der Waals surface area contributed by atoms with Gasteiger partial charge in [0.2, 0.25) is 0 Å². The van der Waals surface area contributed by atoms with E-state index in [-0.39, 0.29) is 17.3 Å². The van der Waals surface area contributed by atoms with Gasteiger partial charge in [0.05, 0.1) is 5.56 Å². The van der Waals surface area contributed by atoms with Crippen LogP contribution in [0.3, 0.4) is 0 Å². The van der Waals surface area contributed by atoms with Gasteiger partial charge in [-0.25, -0.2) is 4.98 Å². The molecule has 0 atom stereocenters. The molecule has 0 saturated carbocycles. The van der Waals surface area contributed by atoms with E-state index in [0.29, 0.717) is 10.3 Å². The fraction of sp³-hybridized carbons (Fsp3) is 0. The van der Waals surface area contributed by atoms with Crippen molar-refractivity contribution in [3.05, 3.63) is 40.6 Å². The van der Waals surface area contributed by atoms with Crippen LogP contribution in [-0.2, 0) is 0 Å². The van der Waals surface area contributed by atoms with Gasteiger partial charge in [0.15, 0.2) is 5.82 Å². The lowest BCUT2D eigenvalue weighted by atomic mass is 10.2. The van der Waals surface area contributed by atoms with Crippen molar-refractivity contribution in [2.24, 2.45) is 0 Å². The highest BCUT2D eigenvalue weighted by molar-refractivity contribution is 9.10. The number of nitrogen functional groups attached to an aromatic ring is 1. The summed E-state index contributed by atoms with van der Waals surface area (Å²) < 4.78 is 0.677. The lowest BCUT2D eigenvalue weighted by molar-refractivity contribution is 0.102. The number of amides is 1. The molecule has 2 aromatic rings. The van der Waals surface area contributed by atoms with Crippen molar-refractivity contribution in [1.29, 1.82) is 0 Å². The summed E-state index contributed by atoms with van der Waals surface area (Å²) in [5.74, 6) is 0.142. The summed E-state index contributed by atoms with van der Waals surface area (Å²) in [4.78, 5) is 15.7. The van der Waals surface area contributed by atoms with E-state index in [9.17, 15) is 4.79 Å². The highest BCUT2D eigenvalue weighted by Gasteiger charge is 2.12. The Balaban J connectivity index is 2.23. The van der Waals surface area contributed by atoms with E-state index in [1.54, 1.807) is 18.2 Å². The van der Waals surface area contributed by atoms with Crippen LogP contribution in [0.5, 0.6) is 0 Å². The van der Waals surface area contributed by atoms with Gasteiger partial charge in [0.25, 0.3) is 5.91 Å². The second-order valence-corrected chi connectivity index (χ2v) is 4.07. The van der Waals surface area contributed by atoms with E-state index in [0.717, 1.165) is 0 Å². The summed E-state index contributed by atoms with van der Waals surface area (Å²) in [6.07, 6.45) is 3.04. The first kappa shape index (κ1) is 11.5. The van der Waals surface area contributed by atoms with Gasteiger partial charge in [0.1, 0.15) is 5.82 Å². The zero-order valence-electron chi connectivity index (χ0n) is 8.59. The fourth-order valence-electron chi connectivity index (χ4n) is 1.18. The molecule has 0 aliphatic heterocycles. The molecule has 2 aromatic heterocycles. The second-order valence-electron chi connectivity index (χ2n) is 3.15. The summed E-state index contributed by atoms with van der Waals surface area (Å²) in [6, 6.07) is 4.89. The fourth-order valence-corrected chi connectivity index (χ4v) is 1.51. The summed E-state index contributed by atoms with van der Waals surface area (Å²) >= 11 is 3.22. The second kappa shape index (κ2) is 4.88. The van der Waals surface area contributed by atoms with E-state index in [4.69, 9.17) is 5.73 Å². The van der Waals surface area contributed by atoms with Gasteiger partial charge in [-0.1, -0.05) is 0 Å². The lowest BCUT2D eigenvalue weighted by Gasteiger charge is -2.05. The van der Waals surface area contributed by atoms with Gasteiger partial charge in [-0.15, -0.1) is 5.10 Å². The molecule has 0 aliphatic carbocycles. The molecule has 0 unspecified atom stereocenters. The summed E-state index contributed by atoms with van der Waals surface area (Å²) in [5, 5.41) is 9.96. The SMILES string of the molecule is Nc1ncc(Br)cc1C(=O)Nc1cccnn1. The highest BCUT2D eigenvalue weighted by Crippen LogP contribution is 2.16. The summed E-state index contributed by atoms with van der Waals surface area (Å²) in [6.45, 7) is 0. The lowest BCUT2D eigenvalue weighted by Crippen LogP contribution is -2.15. The van der Waals surface area contributed by atoms with Crippen LogP contribution in [0, 0.1) is 0 Å².